The Bertz CT molecular complexity index is 688. The molecule has 6 heteroatoms. The molecule has 0 aliphatic heterocycles. The second-order valence-electron chi connectivity index (χ2n) is 8.06. The number of hydrogen-bond acceptors (Lipinski definition) is 4. The fourth-order valence-electron chi connectivity index (χ4n) is 2.37. The molecule has 1 aliphatic carbocycles. The molecule has 126 valence electrons. The second-order valence-corrected chi connectivity index (χ2v) is 9.70. The van der Waals surface area contributed by atoms with Gasteiger partial charge in [-0.2, -0.15) is 10.2 Å². The van der Waals surface area contributed by atoms with Crippen LogP contribution in [0.3, 0.4) is 0 Å². The van der Waals surface area contributed by atoms with Crippen LogP contribution in [0.4, 0.5) is 0 Å². The molecule has 1 fully saturated rings. The molecule has 0 unspecified atom stereocenters. The maximum atomic E-state index is 4.76. The summed E-state index contributed by atoms with van der Waals surface area (Å²) >= 11 is 1.97. The average molecular weight is 334 g/mol. The fourth-order valence-corrected chi connectivity index (χ4v) is 3.58. The number of hydrogen-bond donors (Lipinski definition) is 1. The summed E-state index contributed by atoms with van der Waals surface area (Å²) in [6.45, 7) is 10.9. The minimum absolute atomic E-state index is 0.0224. The van der Waals surface area contributed by atoms with Gasteiger partial charge >= 0.3 is 0 Å². The summed E-state index contributed by atoms with van der Waals surface area (Å²) in [6.07, 6.45) is 2.77. The topological polar surface area (TPSA) is 59.4 Å². The van der Waals surface area contributed by atoms with E-state index in [2.05, 4.69) is 56.0 Å². The Labute approximate surface area is 142 Å². The second kappa shape index (κ2) is 5.65. The van der Waals surface area contributed by atoms with E-state index in [1.54, 1.807) is 0 Å². The van der Waals surface area contributed by atoms with Crippen molar-refractivity contribution in [1.29, 1.82) is 0 Å². The molecule has 1 saturated carbocycles. The quantitative estimate of drug-likeness (QED) is 0.902. The highest BCUT2D eigenvalue weighted by Crippen LogP contribution is 2.41. The van der Waals surface area contributed by atoms with E-state index in [1.807, 2.05) is 23.5 Å². The Morgan fingerprint density at radius 2 is 1.96 bits per heavy atom. The lowest BCUT2D eigenvalue weighted by atomic mass is 9.92. The van der Waals surface area contributed by atoms with Gasteiger partial charge in [0.1, 0.15) is 11.5 Å². The van der Waals surface area contributed by atoms with Crippen LogP contribution in [-0.2, 0) is 17.2 Å². The van der Waals surface area contributed by atoms with Crippen molar-refractivity contribution in [2.24, 2.45) is 13.0 Å². The molecule has 5 nitrogen and oxygen atoms in total. The lowest BCUT2D eigenvalue weighted by Gasteiger charge is -2.20. The first-order valence-electron chi connectivity index (χ1n) is 8.28. The third-order valence-corrected chi connectivity index (χ3v) is 5.86. The van der Waals surface area contributed by atoms with Crippen molar-refractivity contribution >= 4 is 11.8 Å². The van der Waals surface area contributed by atoms with Gasteiger partial charge < -0.3 is 0 Å². The summed E-state index contributed by atoms with van der Waals surface area (Å²) in [4.78, 5) is 4.76. The molecule has 3 rings (SSSR count). The van der Waals surface area contributed by atoms with Gasteiger partial charge in [0.2, 0.25) is 0 Å². The lowest BCUT2D eigenvalue weighted by Crippen LogP contribution is -2.15. The highest BCUT2D eigenvalue weighted by Gasteiger charge is 2.30. The van der Waals surface area contributed by atoms with Gasteiger partial charge in [0, 0.05) is 12.5 Å². The van der Waals surface area contributed by atoms with Crippen LogP contribution in [0.1, 0.15) is 59.0 Å². The molecule has 0 amide bonds. The zero-order valence-corrected chi connectivity index (χ0v) is 15.8. The van der Waals surface area contributed by atoms with Gasteiger partial charge in [-0.15, -0.1) is 11.8 Å². The molecule has 0 saturated heterocycles. The molecule has 0 atom stereocenters. The van der Waals surface area contributed by atoms with Crippen LogP contribution >= 0.6 is 11.8 Å². The molecular formula is C17H27N5S. The smallest absolute Gasteiger partial charge is 0.199 e. The number of thioether (sulfide) groups is 1. The predicted octanol–water partition coefficient (Wildman–Crippen LogP) is 3.88. The Balaban J connectivity index is 1.82. The summed E-state index contributed by atoms with van der Waals surface area (Å²) in [5.41, 5.74) is 2.04. The highest BCUT2D eigenvalue weighted by atomic mass is 32.2. The summed E-state index contributed by atoms with van der Waals surface area (Å²) in [5, 5.41) is 12.2. The zero-order valence-electron chi connectivity index (χ0n) is 15.0. The van der Waals surface area contributed by atoms with Gasteiger partial charge in [-0.1, -0.05) is 20.8 Å². The van der Waals surface area contributed by atoms with Gasteiger partial charge in [-0.3, -0.25) is 9.78 Å². The molecule has 0 bridgehead atoms. The maximum absolute atomic E-state index is 4.76. The first-order valence-corrected chi connectivity index (χ1v) is 9.27. The number of nitrogens with one attached hydrogen (secondary N) is 1. The van der Waals surface area contributed by atoms with Gasteiger partial charge in [-0.05, 0) is 44.4 Å². The van der Waals surface area contributed by atoms with Gasteiger partial charge in [-0.25, -0.2) is 4.98 Å². The van der Waals surface area contributed by atoms with Crippen LogP contribution < -0.4 is 0 Å². The minimum Gasteiger partial charge on any atom is -0.264 e. The first-order chi connectivity index (χ1) is 10.7. The zero-order chi connectivity index (χ0) is 16.8. The van der Waals surface area contributed by atoms with Crippen molar-refractivity contribution in [3.05, 3.63) is 17.6 Å². The molecule has 2 aromatic heterocycles. The Morgan fingerprint density at radius 3 is 2.52 bits per heavy atom. The third-order valence-electron chi connectivity index (χ3n) is 4.31. The lowest BCUT2D eigenvalue weighted by molar-refractivity contribution is 0.553. The van der Waals surface area contributed by atoms with Crippen molar-refractivity contribution in [3.63, 3.8) is 0 Å². The van der Waals surface area contributed by atoms with Crippen molar-refractivity contribution in [2.75, 3.05) is 5.75 Å². The number of H-pyrrole nitrogens is 1. The fraction of sp³-hybridized carbons (Fsp3) is 0.706. The molecule has 0 radical (unpaired) electrons. The number of aryl methyl sites for hydroxylation is 1. The summed E-state index contributed by atoms with van der Waals surface area (Å²) in [7, 11) is 1.95. The van der Waals surface area contributed by atoms with Crippen LogP contribution in [0.25, 0.3) is 11.5 Å². The van der Waals surface area contributed by atoms with E-state index in [1.165, 1.54) is 18.6 Å². The standard InChI is InChI=1S/C17H27N5S/c1-16(2,3)13-9-12(22(6)21-13)14-18-15(20-19-14)17(4,5)23-10-11-7-8-11/h9,11H,7-8,10H2,1-6H3,(H,18,19,20). The normalized spacial score (nSPS) is 16.1. The Morgan fingerprint density at radius 1 is 1.26 bits per heavy atom. The number of nitrogens with zero attached hydrogens (tertiary/aromatic N) is 4. The third kappa shape index (κ3) is 3.62. The van der Waals surface area contributed by atoms with E-state index < -0.39 is 0 Å². The largest absolute Gasteiger partial charge is 0.264 e. The van der Waals surface area contributed by atoms with Crippen molar-refractivity contribution in [1.82, 2.24) is 25.0 Å². The van der Waals surface area contributed by atoms with Crippen LogP contribution in [0.5, 0.6) is 0 Å². The van der Waals surface area contributed by atoms with Crippen LogP contribution in [0, 0.1) is 5.92 Å². The van der Waals surface area contributed by atoms with Gasteiger partial charge in [0.15, 0.2) is 5.82 Å². The molecule has 2 heterocycles. The van der Waals surface area contributed by atoms with E-state index in [9.17, 15) is 0 Å². The first kappa shape index (κ1) is 16.6. The van der Waals surface area contributed by atoms with Crippen molar-refractivity contribution in [2.45, 2.75) is 57.6 Å². The molecular weight excluding hydrogens is 306 g/mol. The molecule has 23 heavy (non-hydrogen) atoms. The summed E-state index contributed by atoms with van der Waals surface area (Å²) < 4.78 is 1.83. The van der Waals surface area contributed by atoms with E-state index in [0.29, 0.717) is 0 Å². The molecule has 0 spiro atoms. The molecule has 0 aromatic carbocycles. The van der Waals surface area contributed by atoms with Crippen LogP contribution in [-0.4, -0.2) is 30.7 Å². The molecule has 1 aliphatic rings. The minimum atomic E-state index is -0.0424. The SMILES string of the molecule is Cn1nc(C(C)(C)C)cc1-c1n[nH]c(C(C)(C)SCC2CC2)n1. The van der Waals surface area contributed by atoms with E-state index in [4.69, 9.17) is 4.98 Å². The summed E-state index contributed by atoms with van der Waals surface area (Å²) in [6, 6.07) is 2.09. The van der Waals surface area contributed by atoms with Gasteiger partial charge in [0.25, 0.3) is 0 Å². The van der Waals surface area contributed by atoms with Crippen LogP contribution in [0.15, 0.2) is 6.07 Å². The number of aromatic amines is 1. The number of aromatic nitrogens is 5. The van der Waals surface area contributed by atoms with Gasteiger partial charge in [0.05, 0.1) is 10.4 Å². The number of rotatable bonds is 5. The summed E-state index contributed by atoms with van der Waals surface area (Å²) in [5.74, 6) is 3.79. The predicted molar refractivity (Wildman–Crippen MR) is 95.5 cm³/mol. The van der Waals surface area contributed by atoms with E-state index >= 15 is 0 Å². The van der Waals surface area contributed by atoms with E-state index in [-0.39, 0.29) is 10.2 Å². The van der Waals surface area contributed by atoms with Crippen molar-refractivity contribution in [3.8, 4) is 11.5 Å². The van der Waals surface area contributed by atoms with Crippen LogP contribution in [0.2, 0.25) is 0 Å². The Kier molecular flexibility index (Phi) is 4.07. The molecule has 1 N–H and O–H groups in total. The monoisotopic (exact) mass is 333 g/mol. The Hall–Kier alpha value is -1.30. The van der Waals surface area contributed by atoms with Crippen molar-refractivity contribution < 1.29 is 0 Å². The maximum Gasteiger partial charge on any atom is 0.199 e. The average Bonchev–Trinajstić information content (AvgIpc) is 2.97. The van der Waals surface area contributed by atoms with E-state index in [0.717, 1.165) is 29.0 Å². The molecule has 2 aromatic rings. The highest BCUT2D eigenvalue weighted by molar-refractivity contribution is 8.00.